The first kappa shape index (κ1) is 16.4. The van der Waals surface area contributed by atoms with Gasteiger partial charge in [-0.05, 0) is 55.9 Å². The molecule has 21 heavy (non-hydrogen) atoms. The van der Waals surface area contributed by atoms with Crippen LogP contribution in [0.4, 0.5) is 4.39 Å². The summed E-state index contributed by atoms with van der Waals surface area (Å²) in [5.74, 6) is 0.353. The van der Waals surface area contributed by atoms with Crippen LogP contribution in [0.5, 0.6) is 0 Å². The van der Waals surface area contributed by atoms with E-state index in [9.17, 15) is 9.50 Å². The molecule has 1 aromatic carbocycles. The zero-order valence-electron chi connectivity index (χ0n) is 13.4. The second-order valence-corrected chi connectivity index (χ2v) is 6.49. The number of hydrogen-bond acceptors (Lipinski definition) is 2. The van der Waals surface area contributed by atoms with Gasteiger partial charge in [-0.15, -0.1) is 0 Å². The molecule has 0 amide bonds. The number of rotatable bonds is 5. The van der Waals surface area contributed by atoms with Crippen LogP contribution in [-0.2, 0) is 11.2 Å². The van der Waals surface area contributed by atoms with Crippen molar-refractivity contribution >= 4 is 0 Å². The van der Waals surface area contributed by atoms with Gasteiger partial charge in [-0.1, -0.05) is 25.8 Å². The maximum absolute atomic E-state index is 13.2. The first-order valence-corrected chi connectivity index (χ1v) is 8.04. The minimum atomic E-state index is -0.538. The van der Waals surface area contributed by atoms with Gasteiger partial charge < -0.3 is 9.84 Å². The second-order valence-electron chi connectivity index (χ2n) is 6.49. The van der Waals surface area contributed by atoms with Crippen LogP contribution >= 0.6 is 0 Å². The first-order valence-electron chi connectivity index (χ1n) is 8.04. The Morgan fingerprint density at radius 1 is 1.48 bits per heavy atom. The van der Waals surface area contributed by atoms with Crippen LogP contribution in [-0.4, -0.2) is 23.4 Å². The minimum Gasteiger partial charge on any atom is -0.390 e. The second kappa shape index (κ2) is 6.89. The summed E-state index contributed by atoms with van der Waals surface area (Å²) in [6, 6.07) is 4.77. The Kier molecular flexibility index (Phi) is 5.39. The van der Waals surface area contributed by atoms with Crippen LogP contribution in [0.2, 0.25) is 0 Å². The lowest BCUT2D eigenvalue weighted by atomic mass is 9.74. The number of benzene rings is 1. The molecule has 118 valence electrons. The molecule has 3 atom stereocenters. The van der Waals surface area contributed by atoms with E-state index in [1.807, 2.05) is 13.8 Å². The van der Waals surface area contributed by atoms with Gasteiger partial charge in [-0.3, -0.25) is 0 Å². The highest BCUT2D eigenvalue weighted by atomic mass is 19.1. The number of aryl methyl sites for hydroxylation is 1. The van der Waals surface area contributed by atoms with Crippen LogP contribution < -0.4 is 0 Å². The summed E-state index contributed by atoms with van der Waals surface area (Å²) in [6.07, 6.45) is 4.11. The van der Waals surface area contributed by atoms with Gasteiger partial charge in [0, 0.05) is 13.0 Å². The molecule has 2 nitrogen and oxygen atoms in total. The topological polar surface area (TPSA) is 29.5 Å². The van der Waals surface area contributed by atoms with Crippen LogP contribution in [0.25, 0.3) is 0 Å². The number of halogens is 1. The highest BCUT2D eigenvalue weighted by molar-refractivity contribution is 5.27. The molecule has 2 rings (SSSR count). The molecule has 3 unspecified atom stereocenters. The number of ether oxygens (including phenoxy) is 1. The van der Waals surface area contributed by atoms with E-state index >= 15 is 0 Å². The van der Waals surface area contributed by atoms with Gasteiger partial charge in [0.25, 0.3) is 0 Å². The number of aliphatic hydroxyl groups excluding tert-OH is 1. The monoisotopic (exact) mass is 294 g/mol. The standard InChI is InChI=1S/C18H27FO2/c1-4-21-18(9-5-6-13(2)12-18)17(20)11-15-7-8-16(19)10-14(15)3/h7-8,10,13,17,20H,4-6,9,11-12H2,1-3H3. The third kappa shape index (κ3) is 3.83. The van der Waals surface area contributed by atoms with Gasteiger partial charge in [0.2, 0.25) is 0 Å². The highest BCUT2D eigenvalue weighted by Crippen LogP contribution is 2.38. The number of aliphatic hydroxyl groups is 1. The van der Waals surface area contributed by atoms with Gasteiger partial charge >= 0.3 is 0 Å². The lowest BCUT2D eigenvalue weighted by Gasteiger charge is -2.43. The van der Waals surface area contributed by atoms with E-state index in [2.05, 4.69) is 6.92 Å². The van der Waals surface area contributed by atoms with Crippen LogP contribution in [0.1, 0.15) is 50.7 Å². The Morgan fingerprint density at radius 3 is 2.86 bits per heavy atom. The molecule has 0 heterocycles. The molecule has 1 N–H and O–H groups in total. The van der Waals surface area contributed by atoms with Crippen LogP contribution in [0, 0.1) is 18.7 Å². The van der Waals surface area contributed by atoms with Gasteiger partial charge in [0.15, 0.2) is 0 Å². The third-order valence-electron chi connectivity index (χ3n) is 4.75. The van der Waals surface area contributed by atoms with E-state index in [-0.39, 0.29) is 5.82 Å². The molecule has 1 fully saturated rings. The van der Waals surface area contributed by atoms with E-state index in [1.165, 1.54) is 18.6 Å². The molecule has 3 heteroatoms. The molecular formula is C18H27FO2. The van der Waals surface area contributed by atoms with E-state index in [0.717, 1.165) is 30.4 Å². The van der Waals surface area contributed by atoms with Crippen molar-refractivity contribution in [1.82, 2.24) is 0 Å². The lowest BCUT2D eigenvalue weighted by Crippen LogP contribution is -2.49. The van der Waals surface area contributed by atoms with Crippen molar-refractivity contribution in [3.05, 3.63) is 35.1 Å². The Labute approximate surface area is 127 Å². The zero-order chi connectivity index (χ0) is 15.5. The molecule has 1 aliphatic rings. The summed E-state index contributed by atoms with van der Waals surface area (Å²) in [6.45, 7) is 6.72. The van der Waals surface area contributed by atoms with Crippen molar-refractivity contribution in [2.45, 2.75) is 64.6 Å². The van der Waals surface area contributed by atoms with E-state index < -0.39 is 11.7 Å². The van der Waals surface area contributed by atoms with Gasteiger partial charge in [0.05, 0.1) is 11.7 Å². The van der Waals surface area contributed by atoms with E-state index in [0.29, 0.717) is 18.9 Å². The lowest BCUT2D eigenvalue weighted by molar-refractivity contribution is -0.147. The van der Waals surface area contributed by atoms with Crippen molar-refractivity contribution in [2.75, 3.05) is 6.61 Å². The predicted octanol–water partition coefficient (Wildman–Crippen LogP) is 4.02. The Balaban J connectivity index is 2.16. The quantitative estimate of drug-likeness (QED) is 0.888. The van der Waals surface area contributed by atoms with Gasteiger partial charge in [0.1, 0.15) is 5.82 Å². The summed E-state index contributed by atoms with van der Waals surface area (Å²) >= 11 is 0. The van der Waals surface area contributed by atoms with Crippen molar-refractivity contribution in [3.8, 4) is 0 Å². The molecular weight excluding hydrogens is 267 g/mol. The molecule has 0 aromatic heterocycles. The average Bonchev–Trinajstić information content (AvgIpc) is 2.42. The third-order valence-corrected chi connectivity index (χ3v) is 4.75. The van der Waals surface area contributed by atoms with E-state index in [1.54, 1.807) is 6.07 Å². The molecule has 1 saturated carbocycles. The maximum atomic E-state index is 13.2. The fourth-order valence-electron chi connectivity index (χ4n) is 3.64. The Bertz CT molecular complexity index is 470. The summed E-state index contributed by atoms with van der Waals surface area (Å²) in [7, 11) is 0. The van der Waals surface area contributed by atoms with E-state index in [4.69, 9.17) is 4.74 Å². The maximum Gasteiger partial charge on any atom is 0.123 e. The predicted molar refractivity (Wildman–Crippen MR) is 82.8 cm³/mol. The zero-order valence-corrected chi connectivity index (χ0v) is 13.4. The van der Waals surface area contributed by atoms with Gasteiger partial charge in [-0.25, -0.2) is 4.39 Å². The molecule has 0 saturated heterocycles. The first-order chi connectivity index (χ1) is 9.97. The minimum absolute atomic E-state index is 0.225. The smallest absolute Gasteiger partial charge is 0.123 e. The molecule has 1 aromatic rings. The number of hydrogen-bond donors (Lipinski definition) is 1. The average molecular weight is 294 g/mol. The molecule has 0 aliphatic heterocycles. The molecule has 0 radical (unpaired) electrons. The fourth-order valence-corrected chi connectivity index (χ4v) is 3.64. The fraction of sp³-hybridized carbons (Fsp3) is 0.667. The largest absolute Gasteiger partial charge is 0.390 e. The van der Waals surface area contributed by atoms with Crippen LogP contribution in [0.15, 0.2) is 18.2 Å². The SMILES string of the molecule is CCOC1(C(O)Cc2ccc(F)cc2C)CCCC(C)C1. The molecule has 0 spiro atoms. The highest BCUT2D eigenvalue weighted by Gasteiger charge is 2.42. The van der Waals surface area contributed by atoms with Crippen molar-refractivity contribution in [2.24, 2.45) is 5.92 Å². The molecule has 1 aliphatic carbocycles. The Morgan fingerprint density at radius 2 is 2.24 bits per heavy atom. The summed E-state index contributed by atoms with van der Waals surface area (Å²) in [5, 5.41) is 10.8. The Hall–Kier alpha value is -0.930. The summed E-state index contributed by atoms with van der Waals surface area (Å²) < 4.78 is 19.2. The normalized spacial score (nSPS) is 27.6. The van der Waals surface area contributed by atoms with Crippen molar-refractivity contribution in [1.29, 1.82) is 0 Å². The van der Waals surface area contributed by atoms with Crippen molar-refractivity contribution in [3.63, 3.8) is 0 Å². The summed E-state index contributed by atoms with van der Waals surface area (Å²) in [5.41, 5.74) is 1.46. The van der Waals surface area contributed by atoms with Crippen molar-refractivity contribution < 1.29 is 14.2 Å². The summed E-state index contributed by atoms with van der Waals surface area (Å²) in [4.78, 5) is 0. The van der Waals surface area contributed by atoms with Crippen LogP contribution in [0.3, 0.4) is 0 Å². The molecule has 0 bridgehead atoms. The van der Waals surface area contributed by atoms with Gasteiger partial charge in [-0.2, -0.15) is 0 Å².